The van der Waals surface area contributed by atoms with Crippen molar-refractivity contribution in [1.29, 1.82) is 0 Å². The maximum atomic E-state index is 12.0. The number of carbonyl (C=O) groups is 2. The Balaban J connectivity index is 2.96. The third-order valence-corrected chi connectivity index (χ3v) is 2.60. The number of amides is 1. The van der Waals surface area contributed by atoms with Crippen molar-refractivity contribution in [3.63, 3.8) is 0 Å². The molecule has 0 aliphatic rings. The zero-order chi connectivity index (χ0) is 15.3. The summed E-state index contributed by atoms with van der Waals surface area (Å²) < 4.78 is 6.07. The third-order valence-electron chi connectivity index (χ3n) is 2.60. The van der Waals surface area contributed by atoms with Crippen LogP contribution in [0.15, 0.2) is 12.3 Å². The number of carboxylic acid groups (broad SMARTS) is 1. The first-order valence-corrected chi connectivity index (χ1v) is 5.77. The molecule has 1 unspecified atom stereocenters. The molecule has 1 amide bonds. The van der Waals surface area contributed by atoms with E-state index >= 15 is 0 Å². The SMILES string of the molecule is CCn1cc([N+](=O)[O-])cc1C(=O)NC(COC)C(=O)O. The Labute approximate surface area is 114 Å². The predicted octanol–water partition coefficient (Wildman–Crippen LogP) is 0.246. The van der Waals surface area contributed by atoms with Crippen LogP contribution >= 0.6 is 0 Å². The smallest absolute Gasteiger partial charge is 0.328 e. The van der Waals surface area contributed by atoms with Crippen LogP contribution in [0.4, 0.5) is 5.69 Å². The van der Waals surface area contributed by atoms with E-state index in [4.69, 9.17) is 9.84 Å². The van der Waals surface area contributed by atoms with Gasteiger partial charge in [-0.3, -0.25) is 14.9 Å². The second kappa shape index (κ2) is 6.66. The summed E-state index contributed by atoms with van der Waals surface area (Å²) in [5.74, 6) is -1.95. The minimum Gasteiger partial charge on any atom is -0.480 e. The molecule has 0 radical (unpaired) electrons. The summed E-state index contributed by atoms with van der Waals surface area (Å²) in [6.07, 6.45) is 1.22. The van der Waals surface area contributed by atoms with E-state index in [9.17, 15) is 19.7 Å². The van der Waals surface area contributed by atoms with Gasteiger partial charge in [0.15, 0.2) is 6.04 Å². The molecular formula is C11H15N3O6. The minimum atomic E-state index is -1.25. The highest BCUT2D eigenvalue weighted by molar-refractivity contribution is 5.96. The van der Waals surface area contributed by atoms with Crippen molar-refractivity contribution in [1.82, 2.24) is 9.88 Å². The third kappa shape index (κ3) is 3.54. The Bertz CT molecular complexity index is 524. The predicted molar refractivity (Wildman–Crippen MR) is 67.5 cm³/mol. The number of nitrogens with zero attached hydrogens (tertiary/aromatic N) is 2. The Kier molecular flexibility index (Phi) is 5.21. The van der Waals surface area contributed by atoms with Gasteiger partial charge in [-0.05, 0) is 6.92 Å². The van der Waals surface area contributed by atoms with Crippen LogP contribution in [0.25, 0.3) is 0 Å². The number of hydrogen-bond donors (Lipinski definition) is 2. The minimum absolute atomic E-state index is 0.0292. The Morgan fingerprint density at radius 2 is 2.25 bits per heavy atom. The molecular weight excluding hydrogens is 270 g/mol. The molecule has 2 N–H and O–H groups in total. The van der Waals surface area contributed by atoms with Crippen LogP contribution in [0.1, 0.15) is 17.4 Å². The molecule has 1 rings (SSSR count). The molecule has 0 spiro atoms. The number of aryl methyl sites for hydroxylation is 1. The van der Waals surface area contributed by atoms with Crippen LogP contribution in [-0.4, -0.2) is 46.2 Å². The highest BCUT2D eigenvalue weighted by Crippen LogP contribution is 2.16. The molecule has 0 saturated heterocycles. The fourth-order valence-corrected chi connectivity index (χ4v) is 1.62. The molecule has 9 nitrogen and oxygen atoms in total. The van der Waals surface area contributed by atoms with Crippen molar-refractivity contribution in [2.75, 3.05) is 13.7 Å². The number of methoxy groups -OCH3 is 1. The standard InChI is InChI=1S/C11H15N3O6/c1-3-13-5-7(14(18)19)4-9(13)10(15)12-8(6-20-2)11(16)17/h4-5,8H,3,6H2,1-2H3,(H,12,15)(H,16,17). The van der Waals surface area contributed by atoms with Gasteiger partial charge in [-0.1, -0.05) is 0 Å². The fraction of sp³-hybridized carbons (Fsp3) is 0.455. The van der Waals surface area contributed by atoms with Crippen LogP contribution < -0.4 is 5.32 Å². The summed E-state index contributed by atoms with van der Waals surface area (Å²) in [4.78, 5) is 33.0. The number of carbonyl (C=O) groups excluding carboxylic acids is 1. The molecule has 0 aliphatic heterocycles. The summed E-state index contributed by atoms with van der Waals surface area (Å²) in [7, 11) is 1.31. The van der Waals surface area contributed by atoms with Crippen LogP contribution in [0.3, 0.4) is 0 Å². The molecule has 0 aliphatic carbocycles. The van der Waals surface area contributed by atoms with Crippen LogP contribution in [0, 0.1) is 10.1 Å². The lowest BCUT2D eigenvalue weighted by molar-refractivity contribution is -0.384. The lowest BCUT2D eigenvalue weighted by atomic mass is 10.3. The van der Waals surface area contributed by atoms with Crippen molar-refractivity contribution in [2.45, 2.75) is 19.5 Å². The van der Waals surface area contributed by atoms with E-state index in [1.165, 1.54) is 17.9 Å². The maximum Gasteiger partial charge on any atom is 0.328 e. The second-order valence-corrected chi connectivity index (χ2v) is 3.95. The first-order valence-electron chi connectivity index (χ1n) is 5.77. The summed E-state index contributed by atoms with van der Waals surface area (Å²) in [6, 6.07) is -0.114. The molecule has 0 aromatic carbocycles. The molecule has 20 heavy (non-hydrogen) atoms. The molecule has 1 aromatic heterocycles. The Morgan fingerprint density at radius 3 is 2.70 bits per heavy atom. The topological polar surface area (TPSA) is 124 Å². The highest BCUT2D eigenvalue weighted by atomic mass is 16.6. The summed E-state index contributed by atoms with van der Waals surface area (Å²) in [5, 5.41) is 21.8. The molecule has 0 saturated carbocycles. The number of ether oxygens (including phenoxy) is 1. The van der Waals surface area contributed by atoms with E-state index in [0.717, 1.165) is 6.07 Å². The molecule has 9 heteroatoms. The van der Waals surface area contributed by atoms with E-state index < -0.39 is 22.8 Å². The van der Waals surface area contributed by atoms with E-state index in [1.807, 2.05) is 0 Å². The number of carboxylic acids is 1. The van der Waals surface area contributed by atoms with Gasteiger partial charge in [0.1, 0.15) is 5.69 Å². The van der Waals surface area contributed by atoms with Crippen LogP contribution in [0.5, 0.6) is 0 Å². The number of rotatable bonds is 7. The van der Waals surface area contributed by atoms with Crippen molar-refractivity contribution in [2.24, 2.45) is 0 Å². The summed E-state index contributed by atoms with van der Waals surface area (Å²) >= 11 is 0. The van der Waals surface area contributed by atoms with Crippen LogP contribution in [0.2, 0.25) is 0 Å². The Morgan fingerprint density at radius 1 is 1.60 bits per heavy atom. The van der Waals surface area contributed by atoms with E-state index in [2.05, 4.69) is 5.32 Å². The van der Waals surface area contributed by atoms with Gasteiger partial charge in [0.25, 0.3) is 11.6 Å². The average molecular weight is 285 g/mol. The zero-order valence-corrected chi connectivity index (χ0v) is 11.0. The number of nitro groups is 1. The average Bonchev–Trinajstić information content (AvgIpc) is 2.82. The molecule has 1 aromatic rings. The van der Waals surface area contributed by atoms with Gasteiger partial charge in [-0.2, -0.15) is 0 Å². The van der Waals surface area contributed by atoms with Crippen molar-refractivity contribution >= 4 is 17.6 Å². The van der Waals surface area contributed by atoms with Gasteiger partial charge in [-0.15, -0.1) is 0 Å². The summed E-state index contributed by atoms with van der Waals surface area (Å²) in [5.41, 5.74) is -0.197. The Hall–Kier alpha value is -2.42. The monoisotopic (exact) mass is 285 g/mol. The molecule has 0 bridgehead atoms. The van der Waals surface area contributed by atoms with E-state index in [1.54, 1.807) is 6.92 Å². The van der Waals surface area contributed by atoms with Crippen molar-refractivity contribution in [3.8, 4) is 0 Å². The van der Waals surface area contributed by atoms with Crippen molar-refractivity contribution < 1.29 is 24.4 Å². The van der Waals surface area contributed by atoms with Gasteiger partial charge in [0, 0.05) is 19.7 Å². The first kappa shape index (κ1) is 15.6. The highest BCUT2D eigenvalue weighted by Gasteiger charge is 2.24. The number of hydrogen-bond acceptors (Lipinski definition) is 5. The van der Waals surface area contributed by atoms with Gasteiger partial charge >= 0.3 is 5.97 Å². The number of aromatic nitrogens is 1. The normalized spacial score (nSPS) is 11.9. The molecule has 1 heterocycles. The summed E-state index contributed by atoms with van der Waals surface area (Å²) in [6.45, 7) is 1.86. The maximum absolute atomic E-state index is 12.0. The van der Waals surface area contributed by atoms with Gasteiger partial charge in [-0.25, -0.2) is 4.79 Å². The molecule has 0 fully saturated rings. The van der Waals surface area contributed by atoms with E-state index in [-0.39, 0.29) is 18.0 Å². The van der Waals surface area contributed by atoms with Crippen molar-refractivity contribution in [3.05, 3.63) is 28.1 Å². The first-order chi connectivity index (χ1) is 9.40. The lowest BCUT2D eigenvalue weighted by Gasteiger charge is -2.13. The fourth-order valence-electron chi connectivity index (χ4n) is 1.62. The van der Waals surface area contributed by atoms with Gasteiger partial charge in [0.2, 0.25) is 0 Å². The van der Waals surface area contributed by atoms with Gasteiger partial charge < -0.3 is 19.7 Å². The van der Waals surface area contributed by atoms with Crippen LogP contribution in [-0.2, 0) is 16.1 Å². The second-order valence-electron chi connectivity index (χ2n) is 3.95. The van der Waals surface area contributed by atoms with E-state index in [0.29, 0.717) is 6.54 Å². The number of aliphatic carboxylic acids is 1. The molecule has 110 valence electrons. The lowest BCUT2D eigenvalue weighted by Crippen LogP contribution is -2.44. The van der Waals surface area contributed by atoms with Gasteiger partial charge in [0.05, 0.1) is 17.7 Å². The zero-order valence-electron chi connectivity index (χ0n) is 11.0. The number of nitrogens with one attached hydrogen (secondary N) is 1. The molecule has 1 atom stereocenters. The quantitative estimate of drug-likeness (QED) is 0.546. The largest absolute Gasteiger partial charge is 0.480 e.